The Kier molecular flexibility index (Phi) is 3.98. The van der Waals surface area contributed by atoms with Gasteiger partial charge >= 0.3 is 76.4 Å². The van der Waals surface area contributed by atoms with E-state index < -0.39 is 19.8 Å². The average molecular weight is 254 g/mol. The molecular formula is C10H15Sn. The first-order chi connectivity index (χ1) is 5.38. The van der Waals surface area contributed by atoms with Crippen LogP contribution in [0.15, 0.2) is 30.3 Å². The normalized spacial score (nSPS) is 10.5. The van der Waals surface area contributed by atoms with Crippen molar-refractivity contribution in [3.05, 3.63) is 30.3 Å². The third kappa shape index (κ3) is 2.51. The van der Waals surface area contributed by atoms with Crippen LogP contribution in [0.5, 0.6) is 0 Å². The van der Waals surface area contributed by atoms with Crippen LogP contribution in [0.3, 0.4) is 0 Å². The molecule has 0 aliphatic rings. The van der Waals surface area contributed by atoms with Crippen molar-refractivity contribution in [3.63, 3.8) is 0 Å². The summed E-state index contributed by atoms with van der Waals surface area (Å²) in [4.78, 5) is 0. The van der Waals surface area contributed by atoms with Crippen LogP contribution in [0, 0.1) is 0 Å². The van der Waals surface area contributed by atoms with Crippen LogP contribution >= 0.6 is 0 Å². The number of benzene rings is 1. The summed E-state index contributed by atoms with van der Waals surface area (Å²) in [5, 5.41) is 0. The molecule has 1 aromatic rings. The second-order valence-electron chi connectivity index (χ2n) is 2.68. The van der Waals surface area contributed by atoms with Crippen LogP contribution in [0.2, 0.25) is 8.87 Å². The van der Waals surface area contributed by atoms with Crippen LogP contribution in [0.1, 0.15) is 13.8 Å². The molecule has 0 fully saturated rings. The molecule has 0 spiro atoms. The first-order valence-electron chi connectivity index (χ1n) is 4.28. The maximum absolute atomic E-state index is 2.34. The zero-order valence-corrected chi connectivity index (χ0v) is 10.2. The van der Waals surface area contributed by atoms with E-state index in [1.54, 1.807) is 3.58 Å². The topological polar surface area (TPSA) is 0 Å². The van der Waals surface area contributed by atoms with Gasteiger partial charge in [0, 0.05) is 0 Å². The fourth-order valence-corrected chi connectivity index (χ4v) is 6.98. The van der Waals surface area contributed by atoms with Gasteiger partial charge in [-0.3, -0.25) is 0 Å². The van der Waals surface area contributed by atoms with Crippen LogP contribution in [0.25, 0.3) is 0 Å². The van der Waals surface area contributed by atoms with Crippen molar-refractivity contribution in [2.24, 2.45) is 0 Å². The SMILES string of the molecule is C[CH2][Sn]([CH2]C)[c]1ccccc1. The molecule has 0 bridgehead atoms. The molecule has 0 nitrogen and oxygen atoms in total. The number of hydrogen-bond donors (Lipinski definition) is 0. The zero-order chi connectivity index (χ0) is 8.10. The fourth-order valence-electron chi connectivity index (χ4n) is 1.33. The first kappa shape index (κ1) is 9.11. The molecule has 1 heteroatoms. The Balaban J connectivity index is 2.74. The van der Waals surface area contributed by atoms with Crippen LogP contribution in [-0.4, -0.2) is 19.8 Å². The molecule has 0 aliphatic carbocycles. The van der Waals surface area contributed by atoms with E-state index in [-0.39, 0.29) is 0 Å². The summed E-state index contributed by atoms with van der Waals surface area (Å²) in [7, 11) is 0. The summed E-state index contributed by atoms with van der Waals surface area (Å²) in [6.07, 6.45) is 0. The molecular weight excluding hydrogens is 239 g/mol. The molecule has 0 heterocycles. The summed E-state index contributed by atoms with van der Waals surface area (Å²) in [6.45, 7) is 4.68. The van der Waals surface area contributed by atoms with Crippen molar-refractivity contribution in [1.82, 2.24) is 0 Å². The molecule has 0 unspecified atom stereocenters. The van der Waals surface area contributed by atoms with Crippen molar-refractivity contribution in [3.8, 4) is 0 Å². The molecule has 59 valence electrons. The van der Waals surface area contributed by atoms with E-state index in [9.17, 15) is 0 Å². The van der Waals surface area contributed by atoms with Gasteiger partial charge in [0.2, 0.25) is 0 Å². The monoisotopic (exact) mass is 255 g/mol. The van der Waals surface area contributed by atoms with E-state index >= 15 is 0 Å². The van der Waals surface area contributed by atoms with E-state index in [0.717, 1.165) is 0 Å². The molecule has 1 aromatic carbocycles. The second-order valence-corrected chi connectivity index (χ2v) is 11.8. The molecule has 0 saturated carbocycles. The second kappa shape index (κ2) is 4.81. The summed E-state index contributed by atoms with van der Waals surface area (Å²) >= 11 is -1.10. The molecule has 1 radical (unpaired) electrons. The average Bonchev–Trinajstić information content (AvgIpc) is 2.09. The van der Waals surface area contributed by atoms with Gasteiger partial charge in [-0.15, -0.1) is 0 Å². The van der Waals surface area contributed by atoms with Gasteiger partial charge in [0.05, 0.1) is 0 Å². The Labute approximate surface area is 76.4 Å². The van der Waals surface area contributed by atoms with Crippen molar-refractivity contribution in [2.45, 2.75) is 22.7 Å². The minimum absolute atomic E-state index is 1.10. The van der Waals surface area contributed by atoms with E-state index in [1.807, 2.05) is 0 Å². The van der Waals surface area contributed by atoms with E-state index in [0.29, 0.717) is 0 Å². The van der Waals surface area contributed by atoms with Crippen molar-refractivity contribution in [1.29, 1.82) is 0 Å². The van der Waals surface area contributed by atoms with Crippen LogP contribution in [-0.2, 0) is 0 Å². The Morgan fingerprint density at radius 2 is 1.55 bits per heavy atom. The molecule has 0 saturated heterocycles. The summed E-state index contributed by atoms with van der Waals surface area (Å²) in [5.74, 6) is 0. The van der Waals surface area contributed by atoms with Crippen molar-refractivity contribution < 1.29 is 0 Å². The Bertz CT molecular complexity index is 189. The Hall–Kier alpha value is 0.0187. The zero-order valence-electron chi connectivity index (χ0n) is 7.30. The Morgan fingerprint density at radius 3 is 2.00 bits per heavy atom. The van der Waals surface area contributed by atoms with Gasteiger partial charge in [0.25, 0.3) is 0 Å². The number of rotatable bonds is 3. The standard InChI is InChI=1S/C6H5.2C2H5.Sn/c1-2-4-6-5-3-1;2*1-2;/h1-5H;2*1H2,2H3;. The summed E-state index contributed by atoms with van der Waals surface area (Å²) in [6, 6.07) is 11.1. The number of hydrogen-bond acceptors (Lipinski definition) is 0. The molecule has 11 heavy (non-hydrogen) atoms. The van der Waals surface area contributed by atoms with E-state index in [2.05, 4.69) is 44.2 Å². The quantitative estimate of drug-likeness (QED) is 0.726. The summed E-state index contributed by atoms with van der Waals surface area (Å²) in [5.41, 5.74) is 0. The van der Waals surface area contributed by atoms with Crippen LogP contribution in [0.4, 0.5) is 0 Å². The van der Waals surface area contributed by atoms with Crippen molar-refractivity contribution >= 4 is 23.3 Å². The fraction of sp³-hybridized carbons (Fsp3) is 0.400. The van der Waals surface area contributed by atoms with Crippen molar-refractivity contribution in [2.75, 3.05) is 0 Å². The summed E-state index contributed by atoms with van der Waals surface area (Å²) < 4.78 is 4.57. The van der Waals surface area contributed by atoms with Gasteiger partial charge in [-0.25, -0.2) is 0 Å². The van der Waals surface area contributed by atoms with Gasteiger partial charge < -0.3 is 0 Å². The Morgan fingerprint density at radius 1 is 1.00 bits per heavy atom. The van der Waals surface area contributed by atoms with Crippen LogP contribution < -0.4 is 3.58 Å². The van der Waals surface area contributed by atoms with Gasteiger partial charge in [-0.2, -0.15) is 0 Å². The van der Waals surface area contributed by atoms with E-state index in [4.69, 9.17) is 0 Å². The van der Waals surface area contributed by atoms with Gasteiger partial charge in [0.15, 0.2) is 0 Å². The molecule has 0 amide bonds. The van der Waals surface area contributed by atoms with E-state index in [1.165, 1.54) is 8.87 Å². The predicted octanol–water partition coefficient (Wildman–Crippen LogP) is 2.43. The van der Waals surface area contributed by atoms with Gasteiger partial charge in [0.1, 0.15) is 0 Å². The maximum atomic E-state index is 2.34. The predicted molar refractivity (Wildman–Crippen MR) is 52.8 cm³/mol. The third-order valence-electron chi connectivity index (χ3n) is 2.04. The third-order valence-corrected chi connectivity index (χ3v) is 10.2. The first-order valence-corrected chi connectivity index (χ1v) is 9.75. The molecule has 0 aliphatic heterocycles. The molecule has 1 rings (SSSR count). The molecule has 0 aromatic heterocycles. The molecule has 0 atom stereocenters. The van der Waals surface area contributed by atoms with Gasteiger partial charge in [-0.1, -0.05) is 0 Å². The van der Waals surface area contributed by atoms with Gasteiger partial charge in [-0.05, 0) is 0 Å². The minimum atomic E-state index is -1.10. The molecule has 0 N–H and O–H groups in total.